The van der Waals surface area contributed by atoms with Crippen molar-refractivity contribution in [1.29, 1.82) is 0 Å². The summed E-state index contributed by atoms with van der Waals surface area (Å²) in [5.41, 5.74) is 1.16. The highest BCUT2D eigenvalue weighted by molar-refractivity contribution is 5.94. The molecule has 0 amide bonds. The van der Waals surface area contributed by atoms with Crippen molar-refractivity contribution in [2.45, 2.75) is 71.8 Å². The zero-order valence-electron chi connectivity index (χ0n) is 15.8. The van der Waals surface area contributed by atoms with E-state index in [1.165, 1.54) is 25.7 Å². The van der Waals surface area contributed by atoms with E-state index in [2.05, 4.69) is 20.8 Å². The lowest BCUT2D eigenvalue weighted by molar-refractivity contribution is -0.140. The van der Waals surface area contributed by atoms with E-state index in [4.69, 9.17) is 0 Å². The predicted octanol–water partition coefficient (Wildman–Crippen LogP) is 3.94. The fraction of sp³-hybridized carbons (Fsp3) is 0.818. The van der Waals surface area contributed by atoms with Crippen molar-refractivity contribution in [2.75, 3.05) is 0 Å². The molecule has 0 bridgehead atoms. The van der Waals surface area contributed by atoms with Gasteiger partial charge in [0.25, 0.3) is 0 Å². The van der Waals surface area contributed by atoms with Crippen LogP contribution in [-0.4, -0.2) is 23.3 Å². The molecular weight excluding hydrogens is 312 g/mol. The van der Waals surface area contributed by atoms with Gasteiger partial charge in [0.1, 0.15) is 6.29 Å². The van der Waals surface area contributed by atoms with Crippen LogP contribution in [0.15, 0.2) is 11.6 Å². The van der Waals surface area contributed by atoms with Gasteiger partial charge in [-0.2, -0.15) is 0 Å². The van der Waals surface area contributed by atoms with E-state index in [-0.39, 0.29) is 29.1 Å². The molecule has 0 aromatic carbocycles. The third-order valence-corrected chi connectivity index (χ3v) is 9.05. The molecule has 2 unspecified atom stereocenters. The van der Waals surface area contributed by atoms with Crippen LogP contribution < -0.4 is 0 Å². The molecule has 0 heterocycles. The molecule has 0 aromatic heterocycles. The third-order valence-electron chi connectivity index (χ3n) is 9.05. The van der Waals surface area contributed by atoms with Crippen molar-refractivity contribution in [3.05, 3.63) is 11.6 Å². The number of aliphatic hydroxyl groups excluding tert-OH is 1. The second-order valence-electron chi connectivity index (χ2n) is 9.65. The average Bonchev–Trinajstić information content (AvgIpc) is 2.92. The predicted molar refractivity (Wildman–Crippen MR) is 96.8 cm³/mol. The molecule has 0 aromatic rings. The summed E-state index contributed by atoms with van der Waals surface area (Å²) in [6.45, 7) is 6.97. The Hall–Kier alpha value is -0.960. The molecule has 4 aliphatic carbocycles. The minimum absolute atomic E-state index is 0.0581. The van der Waals surface area contributed by atoms with Crippen LogP contribution in [0.2, 0.25) is 0 Å². The highest BCUT2D eigenvalue weighted by atomic mass is 16.3. The summed E-state index contributed by atoms with van der Waals surface area (Å²) < 4.78 is 0. The standard InChI is InChI=1S/C22H32O3/c1-4-13-5-6-17-20-18(7-8-21(13,17)2)22(3)14(11-19(20)25)9-16(24)10-15(22)12-23/h9,12-13,15,17-20,25H,4-8,10-11H2,1-3H3/t13-,15?,17-,18-,19?,20-,21+,22+/m0/s1. The number of fused-ring (bicyclic) bond motifs is 5. The number of hydrogen-bond acceptors (Lipinski definition) is 3. The van der Waals surface area contributed by atoms with E-state index in [1.54, 1.807) is 6.08 Å². The molecule has 25 heavy (non-hydrogen) atoms. The van der Waals surface area contributed by atoms with Crippen LogP contribution in [0.3, 0.4) is 0 Å². The molecule has 4 aliphatic rings. The molecule has 1 N–H and O–H groups in total. The summed E-state index contributed by atoms with van der Waals surface area (Å²) in [4.78, 5) is 24.0. The number of carbonyl (C=O) groups excluding carboxylic acids is 2. The van der Waals surface area contributed by atoms with Crippen LogP contribution in [0, 0.1) is 40.4 Å². The van der Waals surface area contributed by atoms with Gasteiger partial charge < -0.3 is 9.90 Å². The fourth-order valence-electron chi connectivity index (χ4n) is 7.63. The van der Waals surface area contributed by atoms with Gasteiger partial charge in [-0.3, -0.25) is 4.79 Å². The monoisotopic (exact) mass is 344 g/mol. The molecule has 0 saturated heterocycles. The van der Waals surface area contributed by atoms with Crippen molar-refractivity contribution in [3.63, 3.8) is 0 Å². The van der Waals surface area contributed by atoms with E-state index < -0.39 is 0 Å². The maximum Gasteiger partial charge on any atom is 0.156 e. The molecule has 0 aliphatic heterocycles. The molecule has 0 radical (unpaired) electrons. The lowest BCUT2D eigenvalue weighted by Crippen LogP contribution is -2.57. The number of rotatable bonds is 2. The zero-order chi connectivity index (χ0) is 18.0. The summed E-state index contributed by atoms with van der Waals surface area (Å²) in [6.07, 6.45) is 9.36. The van der Waals surface area contributed by atoms with Crippen LogP contribution in [0.1, 0.15) is 65.7 Å². The Kier molecular flexibility index (Phi) is 4.03. The second-order valence-corrected chi connectivity index (χ2v) is 9.65. The Balaban J connectivity index is 1.76. The lowest BCUT2D eigenvalue weighted by Gasteiger charge is -2.60. The summed E-state index contributed by atoms with van der Waals surface area (Å²) in [6, 6.07) is 0. The molecule has 3 saturated carbocycles. The van der Waals surface area contributed by atoms with Crippen LogP contribution >= 0.6 is 0 Å². The second kappa shape index (κ2) is 5.77. The van der Waals surface area contributed by atoms with E-state index in [1.807, 2.05) is 0 Å². The van der Waals surface area contributed by atoms with E-state index >= 15 is 0 Å². The first-order chi connectivity index (χ1) is 11.9. The number of ketones is 1. The quantitative estimate of drug-likeness (QED) is 0.772. The van der Waals surface area contributed by atoms with E-state index in [0.717, 1.165) is 24.2 Å². The molecule has 3 heteroatoms. The minimum Gasteiger partial charge on any atom is -0.392 e. The Bertz CT molecular complexity index is 623. The fourth-order valence-corrected chi connectivity index (χ4v) is 7.63. The molecule has 4 rings (SSSR count). The Morgan fingerprint density at radius 1 is 1.20 bits per heavy atom. The van der Waals surface area contributed by atoms with Gasteiger partial charge in [-0.25, -0.2) is 0 Å². The maximum atomic E-state index is 12.1. The van der Waals surface area contributed by atoms with Crippen molar-refractivity contribution >= 4 is 12.1 Å². The van der Waals surface area contributed by atoms with Crippen molar-refractivity contribution in [1.82, 2.24) is 0 Å². The summed E-state index contributed by atoms with van der Waals surface area (Å²) in [5.74, 6) is 1.79. The number of aliphatic hydroxyl groups is 1. The zero-order valence-corrected chi connectivity index (χ0v) is 15.8. The van der Waals surface area contributed by atoms with Gasteiger partial charge in [-0.15, -0.1) is 0 Å². The Labute approximate surface area is 151 Å². The van der Waals surface area contributed by atoms with Crippen LogP contribution in [-0.2, 0) is 9.59 Å². The van der Waals surface area contributed by atoms with Gasteiger partial charge >= 0.3 is 0 Å². The summed E-state index contributed by atoms with van der Waals surface area (Å²) in [7, 11) is 0. The summed E-state index contributed by atoms with van der Waals surface area (Å²) >= 11 is 0. The topological polar surface area (TPSA) is 54.4 Å². The molecule has 0 spiro atoms. The molecule has 8 atom stereocenters. The smallest absolute Gasteiger partial charge is 0.156 e. The van der Waals surface area contributed by atoms with Gasteiger partial charge in [-0.1, -0.05) is 32.8 Å². The van der Waals surface area contributed by atoms with Gasteiger partial charge in [0.05, 0.1) is 6.10 Å². The van der Waals surface area contributed by atoms with Crippen LogP contribution in [0.5, 0.6) is 0 Å². The van der Waals surface area contributed by atoms with Crippen molar-refractivity contribution < 1.29 is 14.7 Å². The van der Waals surface area contributed by atoms with Crippen LogP contribution in [0.4, 0.5) is 0 Å². The first-order valence-electron chi connectivity index (χ1n) is 10.2. The first-order valence-corrected chi connectivity index (χ1v) is 10.2. The van der Waals surface area contributed by atoms with Crippen molar-refractivity contribution in [3.8, 4) is 0 Å². The third kappa shape index (κ3) is 2.20. The Morgan fingerprint density at radius 3 is 2.64 bits per heavy atom. The van der Waals surface area contributed by atoms with Gasteiger partial charge in [0.15, 0.2) is 5.78 Å². The average molecular weight is 344 g/mol. The van der Waals surface area contributed by atoms with Gasteiger partial charge in [0, 0.05) is 17.8 Å². The molecule has 3 fully saturated rings. The summed E-state index contributed by atoms with van der Waals surface area (Å²) in [5, 5.41) is 11.1. The van der Waals surface area contributed by atoms with Gasteiger partial charge in [-0.05, 0) is 67.3 Å². The number of aldehydes is 1. The minimum atomic E-state index is -0.359. The van der Waals surface area contributed by atoms with E-state index in [0.29, 0.717) is 30.1 Å². The normalized spacial score (nSPS) is 52.0. The highest BCUT2D eigenvalue weighted by Crippen LogP contribution is 2.67. The molecular formula is C22H32O3. The highest BCUT2D eigenvalue weighted by Gasteiger charge is 2.62. The maximum absolute atomic E-state index is 12.1. The van der Waals surface area contributed by atoms with Crippen molar-refractivity contribution in [2.24, 2.45) is 40.4 Å². The van der Waals surface area contributed by atoms with Crippen LogP contribution in [0.25, 0.3) is 0 Å². The molecule has 138 valence electrons. The van der Waals surface area contributed by atoms with Gasteiger partial charge in [0.2, 0.25) is 0 Å². The number of hydrogen-bond donors (Lipinski definition) is 1. The molecule has 3 nitrogen and oxygen atoms in total. The van der Waals surface area contributed by atoms with E-state index in [9.17, 15) is 14.7 Å². The Morgan fingerprint density at radius 2 is 1.96 bits per heavy atom. The number of carbonyl (C=O) groups is 2. The SMILES string of the molecule is CC[C@H]1CC[C@H]2[C@@H]3C(O)CC4=CC(=O)CC(C=O)[C@]4(C)[C@H]3CC[C@]12C. The first kappa shape index (κ1) is 17.5. The largest absolute Gasteiger partial charge is 0.392 e. The lowest BCUT2D eigenvalue weighted by atomic mass is 9.44.